The third-order valence-corrected chi connectivity index (χ3v) is 3.37. The third kappa shape index (κ3) is 5.28. The van der Waals surface area contributed by atoms with Crippen molar-refractivity contribution in [3.05, 3.63) is 54.1 Å². The van der Waals surface area contributed by atoms with Gasteiger partial charge in [0.1, 0.15) is 5.75 Å². The lowest BCUT2D eigenvalue weighted by Crippen LogP contribution is -2.20. The van der Waals surface area contributed by atoms with Gasteiger partial charge in [0, 0.05) is 0 Å². The van der Waals surface area contributed by atoms with E-state index >= 15 is 0 Å². The highest BCUT2D eigenvalue weighted by molar-refractivity contribution is 5.93. The molecule has 0 aliphatic rings. The Hall–Kier alpha value is -2.95. The number of anilines is 1. The average Bonchev–Trinajstić information content (AvgIpc) is 2.62. The van der Waals surface area contributed by atoms with Gasteiger partial charge in [-0.3, -0.25) is 4.79 Å². The fourth-order valence-corrected chi connectivity index (χ4v) is 2.28. The number of hydrogen-bond donors (Lipinski definition) is 1. The molecule has 0 aliphatic carbocycles. The molecule has 2 aromatic rings. The summed E-state index contributed by atoms with van der Waals surface area (Å²) in [5, 5.41) is 2.79. The summed E-state index contributed by atoms with van der Waals surface area (Å²) < 4.78 is 16.4. The number of para-hydroxylation sites is 2. The molecule has 0 radical (unpaired) electrons. The Morgan fingerprint density at radius 3 is 2.60 bits per heavy atom. The molecule has 2 aromatic carbocycles. The van der Waals surface area contributed by atoms with Crippen LogP contribution in [-0.4, -0.2) is 26.2 Å². The predicted octanol–water partition coefficient (Wildman–Crippen LogP) is 4.14. The van der Waals surface area contributed by atoms with Gasteiger partial charge < -0.3 is 19.5 Å². The van der Waals surface area contributed by atoms with Crippen LogP contribution in [0.2, 0.25) is 0 Å². The van der Waals surface area contributed by atoms with Crippen molar-refractivity contribution in [2.24, 2.45) is 0 Å². The second kappa shape index (κ2) is 9.37. The number of benzene rings is 2. The zero-order chi connectivity index (χ0) is 18.1. The van der Waals surface area contributed by atoms with Gasteiger partial charge in [0.05, 0.1) is 19.4 Å². The van der Waals surface area contributed by atoms with Crippen molar-refractivity contribution in [2.45, 2.75) is 13.8 Å². The Morgan fingerprint density at radius 1 is 1.08 bits per heavy atom. The van der Waals surface area contributed by atoms with E-state index in [9.17, 15) is 4.79 Å². The topological polar surface area (TPSA) is 56.8 Å². The number of hydrogen-bond acceptors (Lipinski definition) is 4. The first-order chi connectivity index (χ1) is 12.2. The lowest BCUT2D eigenvalue weighted by Gasteiger charge is -2.13. The maximum absolute atomic E-state index is 12.2. The van der Waals surface area contributed by atoms with Crippen LogP contribution in [0.15, 0.2) is 48.5 Å². The van der Waals surface area contributed by atoms with Crippen molar-refractivity contribution in [3.63, 3.8) is 0 Å². The maximum atomic E-state index is 12.2. The molecular weight excluding hydrogens is 318 g/mol. The quantitative estimate of drug-likeness (QED) is 0.784. The maximum Gasteiger partial charge on any atom is 0.262 e. The molecule has 1 amide bonds. The van der Waals surface area contributed by atoms with E-state index in [-0.39, 0.29) is 12.5 Å². The fourth-order valence-electron chi connectivity index (χ4n) is 2.28. The van der Waals surface area contributed by atoms with Gasteiger partial charge in [0.25, 0.3) is 5.91 Å². The molecule has 1 N–H and O–H groups in total. The molecule has 0 saturated heterocycles. The van der Waals surface area contributed by atoms with E-state index in [1.165, 1.54) is 0 Å². The zero-order valence-corrected chi connectivity index (χ0v) is 14.7. The van der Waals surface area contributed by atoms with Crippen LogP contribution in [0.4, 0.5) is 5.69 Å². The number of amides is 1. The number of methoxy groups -OCH3 is 1. The minimum atomic E-state index is -0.272. The first kappa shape index (κ1) is 18.4. The Morgan fingerprint density at radius 2 is 1.88 bits per heavy atom. The number of carbonyl (C=O) groups is 1. The van der Waals surface area contributed by atoms with Crippen molar-refractivity contribution in [3.8, 4) is 17.2 Å². The molecule has 5 heteroatoms. The van der Waals surface area contributed by atoms with Gasteiger partial charge in [-0.1, -0.05) is 30.4 Å². The zero-order valence-electron chi connectivity index (χ0n) is 14.7. The molecule has 0 bridgehead atoms. The van der Waals surface area contributed by atoms with E-state index < -0.39 is 0 Å². The van der Waals surface area contributed by atoms with Crippen molar-refractivity contribution in [1.82, 2.24) is 0 Å². The molecule has 0 atom stereocenters. The Bertz CT molecular complexity index is 740. The molecule has 0 aliphatic heterocycles. The van der Waals surface area contributed by atoms with Gasteiger partial charge >= 0.3 is 0 Å². The van der Waals surface area contributed by atoms with Gasteiger partial charge in [-0.2, -0.15) is 0 Å². The summed E-state index contributed by atoms with van der Waals surface area (Å²) in [5.41, 5.74) is 1.62. The Balaban J connectivity index is 2.00. The van der Waals surface area contributed by atoms with Gasteiger partial charge in [-0.25, -0.2) is 0 Å². The highest BCUT2D eigenvalue weighted by Gasteiger charge is 2.10. The van der Waals surface area contributed by atoms with E-state index in [1.54, 1.807) is 19.2 Å². The SMILES string of the molecule is C/C=C/c1ccc(OCC(=O)Nc2ccccc2OCC)c(OC)c1. The Kier molecular flexibility index (Phi) is 6.89. The molecule has 25 heavy (non-hydrogen) atoms. The van der Waals surface area contributed by atoms with Crippen LogP contribution >= 0.6 is 0 Å². The normalized spacial score (nSPS) is 10.5. The van der Waals surface area contributed by atoms with E-state index in [2.05, 4.69) is 5.32 Å². The van der Waals surface area contributed by atoms with Crippen molar-refractivity contribution < 1.29 is 19.0 Å². The van der Waals surface area contributed by atoms with Crippen LogP contribution in [0.3, 0.4) is 0 Å². The minimum Gasteiger partial charge on any atom is -0.493 e. The lowest BCUT2D eigenvalue weighted by atomic mass is 10.2. The van der Waals surface area contributed by atoms with E-state index in [0.29, 0.717) is 29.5 Å². The molecule has 0 unspecified atom stereocenters. The lowest BCUT2D eigenvalue weighted by molar-refractivity contribution is -0.118. The summed E-state index contributed by atoms with van der Waals surface area (Å²) >= 11 is 0. The molecule has 0 saturated carbocycles. The third-order valence-electron chi connectivity index (χ3n) is 3.37. The second-order valence-corrected chi connectivity index (χ2v) is 5.18. The Labute approximate surface area is 148 Å². The molecule has 0 heterocycles. The van der Waals surface area contributed by atoms with Crippen molar-refractivity contribution >= 4 is 17.7 Å². The summed E-state index contributed by atoms with van der Waals surface area (Å²) in [4.78, 5) is 12.2. The summed E-state index contributed by atoms with van der Waals surface area (Å²) in [6.07, 6.45) is 3.90. The van der Waals surface area contributed by atoms with Crippen molar-refractivity contribution in [2.75, 3.05) is 25.6 Å². The number of rotatable bonds is 8. The summed E-state index contributed by atoms with van der Waals surface area (Å²) in [6, 6.07) is 12.8. The number of allylic oxidation sites excluding steroid dienone is 1. The van der Waals surface area contributed by atoms with Crippen LogP contribution in [0, 0.1) is 0 Å². The average molecular weight is 341 g/mol. The van der Waals surface area contributed by atoms with Crippen LogP contribution in [0.5, 0.6) is 17.2 Å². The van der Waals surface area contributed by atoms with E-state index in [4.69, 9.17) is 14.2 Å². The number of ether oxygens (including phenoxy) is 3. The molecule has 5 nitrogen and oxygen atoms in total. The standard InChI is InChI=1S/C20H23NO4/c1-4-8-15-11-12-18(19(13-15)23-3)25-14-20(22)21-16-9-6-7-10-17(16)24-5-2/h4,6-13H,5,14H2,1-3H3,(H,21,22)/b8-4+. The molecule has 2 rings (SSSR count). The van der Waals surface area contributed by atoms with Crippen molar-refractivity contribution in [1.29, 1.82) is 0 Å². The second-order valence-electron chi connectivity index (χ2n) is 5.18. The molecule has 132 valence electrons. The molecule has 0 fully saturated rings. The molecule has 0 spiro atoms. The predicted molar refractivity (Wildman–Crippen MR) is 99.4 cm³/mol. The minimum absolute atomic E-state index is 0.125. The highest BCUT2D eigenvalue weighted by Crippen LogP contribution is 2.29. The summed E-state index contributed by atoms with van der Waals surface area (Å²) in [7, 11) is 1.57. The van der Waals surface area contributed by atoms with E-state index in [1.807, 2.05) is 56.3 Å². The summed E-state index contributed by atoms with van der Waals surface area (Å²) in [6.45, 7) is 4.24. The first-order valence-electron chi connectivity index (χ1n) is 8.13. The molecule has 0 aromatic heterocycles. The van der Waals surface area contributed by atoms with Crippen LogP contribution < -0.4 is 19.5 Å². The number of nitrogens with one attached hydrogen (secondary N) is 1. The number of carbonyl (C=O) groups excluding carboxylic acids is 1. The van der Waals surface area contributed by atoms with Crippen LogP contribution in [0.25, 0.3) is 6.08 Å². The van der Waals surface area contributed by atoms with Crippen LogP contribution in [-0.2, 0) is 4.79 Å². The smallest absolute Gasteiger partial charge is 0.262 e. The largest absolute Gasteiger partial charge is 0.493 e. The monoisotopic (exact) mass is 341 g/mol. The molecular formula is C20H23NO4. The first-order valence-corrected chi connectivity index (χ1v) is 8.13. The van der Waals surface area contributed by atoms with Gasteiger partial charge in [0.15, 0.2) is 18.1 Å². The summed E-state index contributed by atoms with van der Waals surface area (Å²) in [5.74, 6) is 1.46. The van der Waals surface area contributed by atoms with Gasteiger partial charge in [0.2, 0.25) is 0 Å². The van der Waals surface area contributed by atoms with Gasteiger partial charge in [-0.05, 0) is 43.7 Å². The van der Waals surface area contributed by atoms with E-state index in [0.717, 1.165) is 5.56 Å². The highest BCUT2D eigenvalue weighted by atomic mass is 16.5. The van der Waals surface area contributed by atoms with Crippen LogP contribution in [0.1, 0.15) is 19.4 Å². The fraction of sp³-hybridized carbons (Fsp3) is 0.250. The van der Waals surface area contributed by atoms with Gasteiger partial charge in [-0.15, -0.1) is 0 Å².